The largest absolute Gasteiger partial charge is 0.411 e. The first-order valence-corrected chi connectivity index (χ1v) is 7.24. The third kappa shape index (κ3) is 9.27. The van der Waals surface area contributed by atoms with E-state index in [0.29, 0.717) is 6.42 Å². The van der Waals surface area contributed by atoms with Gasteiger partial charge in [0.2, 0.25) is 0 Å². The van der Waals surface area contributed by atoms with Crippen molar-refractivity contribution in [1.29, 1.82) is 0 Å². The Morgan fingerprint density at radius 1 is 1.05 bits per heavy atom. The van der Waals surface area contributed by atoms with E-state index in [-0.39, 0.29) is 12.0 Å². The van der Waals surface area contributed by atoms with Crippen LogP contribution in [0.2, 0.25) is 0 Å². The highest BCUT2D eigenvalue weighted by atomic mass is 19.4. The van der Waals surface area contributed by atoms with Crippen molar-refractivity contribution in [2.45, 2.75) is 59.1 Å². The summed E-state index contributed by atoms with van der Waals surface area (Å²) in [6, 6.07) is 0. The van der Waals surface area contributed by atoms with Crippen LogP contribution in [-0.2, 0) is 4.74 Å². The Labute approximate surface area is 115 Å². The molecule has 0 aliphatic heterocycles. The number of halogens is 3. The van der Waals surface area contributed by atoms with Crippen LogP contribution >= 0.6 is 0 Å². The Bertz CT molecular complexity index is 211. The van der Waals surface area contributed by atoms with Gasteiger partial charge in [0, 0.05) is 13.2 Å². The average molecular weight is 283 g/mol. The van der Waals surface area contributed by atoms with E-state index in [1.807, 2.05) is 6.92 Å². The third-order valence-corrected chi connectivity index (χ3v) is 3.60. The molecular formula is C14H28F3NO. The van der Waals surface area contributed by atoms with Gasteiger partial charge in [0.15, 0.2) is 0 Å². The van der Waals surface area contributed by atoms with Crippen LogP contribution in [0.1, 0.15) is 52.9 Å². The first kappa shape index (κ1) is 18.7. The predicted molar refractivity (Wildman–Crippen MR) is 72.3 cm³/mol. The summed E-state index contributed by atoms with van der Waals surface area (Å²) in [4.78, 5) is 0. The second-order valence-electron chi connectivity index (χ2n) is 5.16. The molecule has 0 aliphatic rings. The molecule has 0 aromatic heterocycles. The van der Waals surface area contributed by atoms with Crippen LogP contribution in [0.3, 0.4) is 0 Å². The molecule has 2 nitrogen and oxygen atoms in total. The van der Waals surface area contributed by atoms with Crippen molar-refractivity contribution in [3.8, 4) is 0 Å². The summed E-state index contributed by atoms with van der Waals surface area (Å²) in [5.41, 5.74) is 0.0671. The van der Waals surface area contributed by atoms with Gasteiger partial charge in [0.25, 0.3) is 0 Å². The van der Waals surface area contributed by atoms with E-state index < -0.39 is 12.8 Å². The maximum Gasteiger partial charge on any atom is 0.411 e. The summed E-state index contributed by atoms with van der Waals surface area (Å²) < 4.78 is 40.8. The monoisotopic (exact) mass is 283 g/mol. The zero-order valence-corrected chi connectivity index (χ0v) is 12.4. The molecule has 1 N–H and O–H groups in total. The summed E-state index contributed by atoms with van der Waals surface area (Å²) in [6.07, 6.45) is 0.695. The number of ether oxygens (including phenoxy) is 1. The fourth-order valence-corrected chi connectivity index (χ4v) is 2.20. The molecule has 0 bridgehead atoms. The molecule has 116 valence electrons. The number of nitrogens with one attached hydrogen (secondary N) is 1. The van der Waals surface area contributed by atoms with Crippen molar-refractivity contribution in [3.63, 3.8) is 0 Å². The molecule has 1 atom stereocenters. The maximum atomic E-state index is 12.0. The standard InChI is InChI=1S/C14H28F3NO/c1-4-7-8-13(5-2,11-18-6-3)9-10-19-12-14(15,16)17/h18H,4-12H2,1-3H3. The Morgan fingerprint density at radius 3 is 2.21 bits per heavy atom. The Kier molecular flexibility index (Phi) is 9.44. The van der Waals surface area contributed by atoms with Gasteiger partial charge in [-0.15, -0.1) is 0 Å². The minimum atomic E-state index is -4.22. The minimum Gasteiger partial charge on any atom is -0.372 e. The second-order valence-corrected chi connectivity index (χ2v) is 5.16. The molecule has 19 heavy (non-hydrogen) atoms. The summed E-state index contributed by atoms with van der Waals surface area (Å²) in [5, 5.41) is 3.33. The van der Waals surface area contributed by atoms with Crippen LogP contribution in [0.5, 0.6) is 0 Å². The van der Waals surface area contributed by atoms with Crippen molar-refractivity contribution >= 4 is 0 Å². The van der Waals surface area contributed by atoms with Crippen molar-refractivity contribution in [2.24, 2.45) is 5.41 Å². The molecule has 0 fully saturated rings. The zero-order valence-electron chi connectivity index (χ0n) is 12.4. The first-order chi connectivity index (χ1) is 8.89. The second kappa shape index (κ2) is 9.59. The van der Waals surface area contributed by atoms with Gasteiger partial charge < -0.3 is 10.1 Å². The van der Waals surface area contributed by atoms with E-state index in [9.17, 15) is 13.2 Å². The third-order valence-electron chi connectivity index (χ3n) is 3.60. The summed E-state index contributed by atoms with van der Waals surface area (Å²) >= 11 is 0. The maximum absolute atomic E-state index is 12.0. The van der Waals surface area contributed by atoms with Crippen LogP contribution < -0.4 is 5.32 Å². The van der Waals surface area contributed by atoms with Gasteiger partial charge in [0.05, 0.1) is 0 Å². The number of unbranched alkanes of at least 4 members (excludes halogenated alkanes) is 1. The van der Waals surface area contributed by atoms with E-state index in [1.165, 1.54) is 0 Å². The van der Waals surface area contributed by atoms with Crippen molar-refractivity contribution in [3.05, 3.63) is 0 Å². The van der Waals surface area contributed by atoms with Crippen LogP contribution in [0, 0.1) is 5.41 Å². The van der Waals surface area contributed by atoms with E-state index >= 15 is 0 Å². The van der Waals surface area contributed by atoms with E-state index in [0.717, 1.165) is 38.8 Å². The molecule has 0 heterocycles. The van der Waals surface area contributed by atoms with Crippen molar-refractivity contribution in [2.75, 3.05) is 26.3 Å². The van der Waals surface area contributed by atoms with Crippen LogP contribution in [0.15, 0.2) is 0 Å². The average Bonchev–Trinajstić information content (AvgIpc) is 2.36. The van der Waals surface area contributed by atoms with Gasteiger partial charge in [-0.25, -0.2) is 0 Å². The lowest BCUT2D eigenvalue weighted by Crippen LogP contribution is -2.35. The molecule has 0 saturated carbocycles. The molecule has 1 unspecified atom stereocenters. The van der Waals surface area contributed by atoms with E-state index in [2.05, 4.69) is 19.2 Å². The lowest BCUT2D eigenvalue weighted by atomic mass is 9.77. The van der Waals surface area contributed by atoms with E-state index in [1.54, 1.807) is 0 Å². The quantitative estimate of drug-likeness (QED) is 0.575. The smallest absolute Gasteiger partial charge is 0.372 e. The molecule has 5 heteroatoms. The number of hydrogen-bond donors (Lipinski definition) is 1. The normalized spacial score (nSPS) is 15.5. The molecule has 0 amide bonds. The van der Waals surface area contributed by atoms with Crippen LogP contribution in [0.4, 0.5) is 13.2 Å². The Balaban J connectivity index is 4.22. The summed E-state index contributed by atoms with van der Waals surface area (Å²) in [7, 11) is 0. The topological polar surface area (TPSA) is 21.3 Å². The van der Waals surface area contributed by atoms with Crippen molar-refractivity contribution < 1.29 is 17.9 Å². The summed E-state index contributed by atoms with van der Waals surface area (Å²) in [6.45, 7) is 7.07. The molecule has 0 saturated heterocycles. The van der Waals surface area contributed by atoms with Gasteiger partial charge in [-0.1, -0.05) is 33.6 Å². The van der Waals surface area contributed by atoms with Gasteiger partial charge in [-0.3, -0.25) is 0 Å². The van der Waals surface area contributed by atoms with Gasteiger partial charge in [-0.05, 0) is 31.2 Å². The lowest BCUT2D eigenvalue weighted by Gasteiger charge is -2.33. The van der Waals surface area contributed by atoms with Gasteiger partial charge in [0.1, 0.15) is 6.61 Å². The predicted octanol–water partition coefficient (Wildman–Crippen LogP) is 4.15. The molecule has 0 aliphatic carbocycles. The highest BCUT2D eigenvalue weighted by Crippen LogP contribution is 2.32. The zero-order chi connectivity index (χ0) is 14.8. The highest BCUT2D eigenvalue weighted by molar-refractivity contribution is 4.80. The van der Waals surface area contributed by atoms with Gasteiger partial charge in [-0.2, -0.15) is 13.2 Å². The number of hydrogen-bond acceptors (Lipinski definition) is 2. The van der Waals surface area contributed by atoms with E-state index in [4.69, 9.17) is 4.74 Å². The van der Waals surface area contributed by atoms with Gasteiger partial charge >= 0.3 is 6.18 Å². The Hall–Kier alpha value is -0.290. The fraction of sp³-hybridized carbons (Fsp3) is 1.00. The molecular weight excluding hydrogens is 255 g/mol. The molecule has 0 aromatic carbocycles. The highest BCUT2D eigenvalue weighted by Gasteiger charge is 2.30. The molecule has 0 spiro atoms. The molecule has 0 aromatic rings. The molecule has 0 radical (unpaired) electrons. The number of rotatable bonds is 11. The number of alkyl halides is 3. The lowest BCUT2D eigenvalue weighted by molar-refractivity contribution is -0.175. The van der Waals surface area contributed by atoms with Crippen molar-refractivity contribution in [1.82, 2.24) is 5.32 Å². The minimum absolute atomic E-state index is 0.0671. The fourth-order valence-electron chi connectivity index (χ4n) is 2.20. The first-order valence-electron chi connectivity index (χ1n) is 7.24. The van der Waals surface area contributed by atoms with Crippen LogP contribution in [0.25, 0.3) is 0 Å². The Morgan fingerprint density at radius 2 is 1.74 bits per heavy atom. The summed E-state index contributed by atoms with van der Waals surface area (Å²) in [5.74, 6) is 0. The SMILES string of the molecule is CCCCC(CC)(CCOCC(F)(F)F)CNCC. The van der Waals surface area contributed by atoms with Crippen LogP contribution in [-0.4, -0.2) is 32.5 Å². The molecule has 0 rings (SSSR count).